The van der Waals surface area contributed by atoms with Gasteiger partial charge in [0.2, 0.25) is 5.91 Å². The van der Waals surface area contributed by atoms with Crippen LogP contribution in [0.1, 0.15) is 19.8 Å². The first kappa shape index (κ1) is 18.6. The Balaban J connectivity index is 2.28. The van der Waals surface area contributed by atoms with Crippen molar-refractivity contribution in [3.05, 3.63) is 28.2 Å². The second-order valence-corrected chi connectivity index (χ2v) is 5.43. The number of rotatable bonds is 8. The molecule has 122 valence electrons. The first-order valence-electron chi connectivity index (χ1n) is 6.91. The topological polar surface area (TPSA) is 55.8 Å². The quantitative estimate of drug-likeness (QED) is 0.535. The Morgan fingerprint density at radius 1 is 1.27 bits per heavy atom. The molecule has 0 saturated heterocycles. The smallest absolute Gasteiger partial charge is 0.325 e. The molecule has 22 heavy (non-hydrogen) atoms. The molecular weight excluding hydrogens is 329 g/mol. The molecule has 0 aliphatic heterocycles. The highest BCUT2D eigenvalue weighted by atomic mass is 35.5. The largest absolute Gasteiger partial charge is 0.492 e. The summed E-state index contributed by atoms with van der Waals surface area (Å²) in [6.07, 6.45) is 0.798. The van der Waals surface area contributed by atoms with Crippen LogP contribution in [0.15, 0.2) is 18.2 Å². The molecule has 0 N–H and O–H groups in total. The van der Waals surface area contributed by atoms with E-state index in [2.05, 4.69) is 0 Å². The number of amides is 1. The van der Waals surface area contributed by atoms with Gasteiger partial charge in [0.1, 0.15) is 12.3 Å². The normalized spacial score (nSPS) is 10.2. The van der Waals surface area contributed by atoms with Gasteiger partial charge in [-0.2, -0.15) is 0 Å². The zero-order valence-corrected chi connectivity index (χ0v) is 14.1. The summed E-state index contributed by atoms with van der Waals surface area (Å²) in [6, 6.07) is 4.96. The molecule has 1 rings (SSSR count). The van der Waals surface area contributed by atoms with Gasteiger partial charge < -0.3 is 14.4 Å². The summed E-state index contributed by atoms with van der Waals surface area (Å²) in [7, 11) is 1.57. The number of hydrogen-bond acceptors (Lipinski definition) is 4. The predicted octanol–water partition coefficient (Wildman–Crippen LogP) is 3.17. The lowest BCUT2D eigenvalue weighted by Gasteiger charge is -2.16. The molecule has 0 atom stereocenters. The van der Waals surface area contributed by atoms with Gasteiger partial charge in [0.25, 0.3) is 0 Å². The molecule has 0 spiro atoms. The first-order chi connectivity index (χ1) is 10.4. The van der Waals surface area contributed by atoms with Crippen LogP contribution in [0.3, 0.4) is 0 Å². The van der Waals surface area contributed by atoms with Crippen LogP contribution < -0.4 is 4.74 Å². The summed E-state index contributed by atoms with van der Waals surface area (Å²) in [6.45, 7) is 2.33. The van der Waals surface area contributed by atoms with Crippen molar-refractivity contribution >= 4 is 35.1 Å². The minimum Gasteiger partial charge on any atom is -0.492 e. The monoisotopic (exact) mass is 347 g/mol. The Kier molecular flexibility index (Phi) is 8.06. The maximum Gasteiger partial charge on any atom is 0.325 e. The van der Waals surface area contributed by atoms with Gasteiger partial charge in [-0.05, 0) is 31.5 Å². The highest BCUT2D eigenvalue weighted by Gasteiger charge is 2.13. The molecule has 0 aromatic heterocycles. The van der Waals surface area contributed by atoms with Gasteiger partial charge in [0.15, 0.2) is 0 Å². The van der Waals surface area contributed by atoms with Crippen LogP contribution in [0, 0.1) is 0 Å². The van der Waals surface area contributed by atoms with E-state index in [1.807, 2.05) is 0 Å². The maximum absolute atomic E-state index is 11.8. The Bertz CT molecular complexity index is 522. The van der Waals surface area contributed by atoms with E-state index in [4.69, 9.17) is 32.7 Å². The third kappa shape index (κ3) is 6.54. The van der Waals surface area contributed by atoms with Crippen molar-refractivity contribution in [3.63, 3.8) is 0 Å². The molecule has 5 nitrogen and oxygen atoms in total. The number of carbonyl (C=O) groups excluding carboxylic acids is 2. The average Bonchev–Trinajstić information content (AvgIpc) is 2.45. The molecule has 1 aromatic rings. The second kappa shape index (κ2) is 9.54. The summed E-state index contributed by atoms with van der Waals surface area (Å²) in [5.74, 6) is -0.0280. The van der Waals surface area contributed by atoms with Crippen LogP contribution in [0.5, 0.6) is 5.75 Å². The standard InChI is InChI=1S/C15H19Cl2NO4/c1-3-21-15(20)10-18(2)14(19)5-4-8-22-13-7-6-11(16)9-12(13)17/h6-7,9H,3-5,8,10H2,1-2H3. The van der Waals surface area contributed by atoms with Gasteiger partial charge >= 0.3 is 5.97 Å². The van der Waals surface area contributed by atoms with Crippen LogP contribution in [0.4, 0.5) is 0 Å². The molecular formula is C15H19Cl2NO4. The minimum atomic E-state index is -0.414. The number of benzene rings is 1. The van der Waals surface area contributed by atoms with Crippen molar-refractivity contribution in [1.82, 2.24) is 4.90 Å². The Labute approximate surface area is 140 Å². The van der Waals surface area contributed by atoms with E-state index in [1.54, 1.807) is 32.2 Å². The average molecular weight is 348 g/mol. The molecule has 0 aliphatic carbocycles. The molecule has 0 bridgehead atoms. The Hall–Kier alpha value is -1.46. The lowest BCUT2D eigenvalue weighted by Crippen LogP contribution is -2.33. The summed E-state index contributed by atoms with van der Waals surface area (Å²) in [5, 5.41) is 0.964. The fourth-order valence-electron chi connectivity index (χ4n) is 1.68. The number of esters is 1. The van der Waals surface area contributed by atoms with Crippen LogP contribution >= 0.6 is 23.2 Å². The Morgan fingerprint density at radius 2 is 2.00 bits per heavy atom. The molecule has 0 aliphatic rings. The number of likely N-dealkylation sites (N-methyl/N-ethyl adjacent to an activating group) is 1. The van der Waals surface area contributed by atoms with Gasteiger partial charge in [-0.3, -0.25) is 9.59 Å². The fraction of sp³-hybridized carbons (Fsp3) is 0.467. The van der Waals surface area contributed by atoms with Crippen molar-refractivity contribution in [2.45, 2.75) is 19.8 Å². The second-order valence-electron chi connectivity index (χ2n) is 4.58. The van der Waals surface area contributed by atoms with E-state index < -0.39 is 5.97 Å². The number of nitrogens with zero attached hydrogens (tertiary/aromatic N) is 1. The molecule has 0 fully saturated rings. The molecule has 7 heteroatoms. The predicted molar refractivity (Wildman–Crippen MR) is 85.5 cm³/mol. The number of ether oxygens (including phenoxy) is 2. The van der Waals surface area contributed by atoms with Gasteiger partial charge in [-0.1, -0.05) is 23.2 Å². The zero-order chi connectivity index (χ0) is 16.5. The van der Waals surface area contributed by atoms with Gasteiger partial charge in [0.05, 0.1) is 18.2 Å². The molecule has 0 radical (unpaired) electrons. The molecule has 0 unspecified atom stereocenters. The van der Waals surface area contributed by atoms with Crippen LogP contribution in [0.25, 0.3) is 0 Å². The molecule has 0 heterocycles. The first-order valence-corrected chi connectivity index (χ1v) is 7.67. The Morgan fingerprint density at radius 3 is 2.64 bits per heavy atom. The van der Waals surface area contributed by atoms with Crippen molar-refractivity contribution in [2.75, 3.05) is 26.8 Å². The van der Waals surface area contributed by atoms with Crippen LogP contribution in [-0.4, -0.2) is 43.6 Å². The zero-order valence-electron chi connectivity index (χ0n) is 12.6. The third-order valence-corrected chi connectivity index (χ3v) is 3.31. The van der Waals surface area contributed by atoms with E-state index >= 15 is 0 Å². The van der Waals surface area contributed by atoms with Crippen molar-refractivity contribution in [1.29, 1.82) is 0 Å². The maximum atomic E-state index is 11.8. The van der Waals surface area contributed by atoms with Crippen LogP contribution in [-0.2, 0) is 14.3 Å². The van der Waals surface area contributed by atoms with Crippen molar-refractivity contribution in [3.8, 4) is 5.75 Å². The van der Waals surface area contributed by atoms with Gasteiger partial charge in [-0.15, -0.1) is 0 Å². The minimum absolute atomic E-state index is 0.0451. The van der Waals surface area contributed by atoms with E-state index in [1.165, 1.54) is 4.90 Å². The summed E-state index contributed by atoms with van der Waals surface area (Å²) in [5.41, 5.74) is 0. The van der Waals surface area contributed by atoms with E-state index in [-0.39, 0.29) is 18.9 Å². The summed E-state index contributed by atoms with van der Waals surface area (Å²) < 4.78 is 10.3. The molecule has 1 aromatic carbocycles. The van der Waals surface area contributed by atoms with Crippen molar-refractivity contribution in [2.24, 2.45) is 0 Å². The highest BCUT2D eigenvalue weighted by molar-refractivity contribution is 6.35. The van der Waals surface area contributed by atoms with E-state index in [0.717, 1.165) is 0 Å². The third-order valence-electron chi connectivity index (χ3n) is 2.78. The van der Waals surface area contributed by atoms with E-state index in [9.17, 15) is 9.59 Å². The van der Waals surface area contributed by atoms with E-state index in [0.29, 0.717) is 35.4 Å². The van der Waals surface area contributed by atoms with Gasteiger partial charge in [-0.25, -0.2) is 0 Å². The summed E-state index contributed by atoms with van der Waals surface area (Å²) in [4.78, 5) is 24.4. The molecule has 1 amide bonds. The highest BCUT2D eigenvalue weighted by Crippen LogP contribution is 2.27. The van der Waals surface area contributed by atoms with Gasteiger partial charge in [0, 0.05) is 18.5 Å². The number of halogens is 2. The lowest BCUT2D eigenvalue weighted by atomic mass is 10.3. The van der Waals surface area contributed by atoms with Crippen LogP contribution in [0.2, 0.25) is 10.0 Å². The number of hydrogen-bond donors (Lipinski definition) is 0. The SMILES string of the molecule is CCOC(=O)CN(C)C(=O)CCCOc1ccc(Cl)cc1Cl. The molecule has 0 saturated carbocycles. The lowest BCUT2D eigenvalue weighted by molar-refractivity contribution is -0.148. The fourth-order valence-corrected chi connectivity index (χ4v) is 2.14. The number of carbonyl (C=O) groups is 2. The van der Waals surface area contributed by atoms with Crippen molar-refractivity contribution < 1.29 is 19.1 Å². The summed E-state index contributed by atoms with van der Waals surface area (Å²) >= 11 is 11.8.